The summed E-state index contributed by atoms with van der Waals surface area (Å²) in [4.78, 5) is 10.7. The average Bonchev–Trinajstić information content (AvgIpc) is 2.40. The summed E-state index contributed by atoms with van der Waals surface area (Å²) < 4.78 is 4.69. The number of hydrogen-bond acceptors (Lipinski definition) is 3. The van der Waals surface area contributed by atoms with Gasteiger partial charge in [0.25, 0.3) is 0 Å². The van der Waals surface area contributed by atoms with E-state index in [1.807, 2.05) is 26.8 Å². The first-order valence-electron chi connectivity index (χ1n) is 7.58. The molecule has 1 aromatic carbocycles. The average molecular weight is 292 g/mol. The van der Waals surface area contributed by atoms with E-state index in [-0.39, 0.29) is 16.9 Å². The van der Waals surface area contributed by atoms with E-state index in [2.05, 4.69) is 4.74 Å². The predicted octanol–water partition coefficient (Wildman–Crippen LogP) is 4.79. The van der Waals surface area contributed by atoms with Crippen LogP contribution in [-0.2, 0) is 5.41 Å². The standard InChI is InChI=1S/C17H24O4/c1-17(2,3)14-12(11-7-5-4-6-8-11)9-10-13(15(14)18)21-16(19)20/h9-11,18H,4-8H2,1-3H3,(H,19,20). The fraction of sp³-hybridized carbons (Fsp3) is 0.588. The van der Waals surface area contributed by atoms with Crippen LogP contribution in [0.1, 0.15) is 69.9 Å². The van der Waals surface area contributed by atoms with Crippen molar-refractivity contribution >= 4 is 6.16 Å². The van der Waals surface area contributed by atoms with Crippen molar-refractivity contribution in [2.45, 2.75) is 64.2 Å². The van der Waals surface area contributed by atoms with E-state index < -0.39 is 6.16 Å². The minimum Gasteiger partial charge on any atom is -0.504 e. The SMILES string of the molecule is CC(C)(C)c1c(C2CCCCC2)ccc(OC(=O)O)c1O. The van der Waals surface area contributed by atoms with Gasteiger partial charge in [0, 0.05) is 5.56 Å². The highest BCUT2D eigenvalue weighted by Crippen LogP contribution is 2.45. The molecule has 2 rings (SSSR count). The molecule has 0 aromatic heterocycles. The maximum atomic E-state index is 10.7. The highest BCUT2D eigenvalue weighted by atomic mass is 16.7. The van der Waals surface area contributed by atoms with Crippen LogP contribution < -0.4 is 4.74 Å². The molecule has 0 bridgehead atoms. The highest BCUT2D eigenvalue weighted by Gasteiger charge is 2.29. The molecule has 0 amide bonds. The number of ether oxygens (including phenoxy) is 1. The van der Waals surface area contributed by atoms with Crippen molar-refractivity contribution in [3.8, 4) is 11.5 Å². The fourth-order valence-corrected chi connectivity index (χ4v) is 3.31. The van der Waals surface area contributed by atoms with Crippen LogP contribution in [0.4, 0.5) is 4.79 Å². The molecule has 21 heavy (non-hydrogen) atoms. The summed E-state index contributed by atoms with van der Waals surface area (Å²) in [5, 5.41) is 19.3. The normalized spacial score (nSPS) is 16.7. The van der Waals surface area contributed by atoms with Crippen molar-refractivity contribution in [1.29, 1.82) is 0 Å². The van der Waals surface area contributed by atoms with Crippen LogP contribution in [0, 0.1) is 0 Å². The molecule has 0 unspecified atom stereocenters. The van der Waals surface area contributed by atoms with Gasteiger partial charge < -0.3 is 14.9 Å². The van der Waals surface area contributed by atoms with Crippen LogP contribution in [0.5, 0.6) is 11.5 Å². The van der Waals surface area contributed by atoms with Crippen molar-refractivity contribution in [2.75, 3.05) is 0 Å². The van der Waals surface area contributed by atoms with Gasteiger partial charge in [-0.2, -0.15) is 0 Å². The van der Waals surface area contributed by atoms with Crippen LogP contribution in [0.25, 0.3) is 0 Å². The molecule has 4 heteroatoms. The Bertz CT molecular complexity index is 522. The second-order valence-electron chi connectivity index (χ2n) is 6.83. The maximum Gasteiger partial charge on any atom is 0.511 e. The Morgan fingerprint density at radius 2 is 1.81 bits per heavy atom. The number of aromatic hydroxyl groups is 1. The molecule has 0 spiro atoms. The largest absolute Gasteiger partial charge is 0.511 e. The fourth-order valence-electron chi connectivity index (χ4n) is 3.31. The quantitative estimate of drug-likeness (QED) is 0.607. The number of carbonyl (C=O) groups is 1. The van der Waals surface area contributed by atoms with Crippen molar-refractivity contribution in [3.63, 3.8) is 0 Å². The van der Waals surface area contributed by atoms with E-state index in [4.69, 9.17) is 5.11 Å². The second kappa shape index (κ2) is 5.96. The zero-order valence-corrected chi connectivity index (χ0v) is 13.0. The van der Waals surface area contributed by atoms with Crippen molar-refractivity contribution in [2.24, 2.45) is 0 Å². The van der Waals surface area contributed by atoms with Gasteiger partial charge in [-0.1, -0.05) is 46.1 Å². The molecule has 0 radical (unpaired) electrons. The van der Waals surface area contributed by atoms with Gasteiger partial charge in [-0.3, -0.25) is 0 Å². The van der Waals surface area contributed by atoms with E-state index in [0.29, 0.717) is 5.92 Å². The molecule has 0 aliphatic heterocycles. The Kier molecular flexibility index (Phi) is 4.45. The van der Waals surface area contributed by atoms with E-state index >= 15 is 0 Å². The summed E-state index contributed by atoms with van der Waals surface area (Å²) in [5.74, 6) is 0.428. The molecular formula is C17H24O4. The van der Waals surface area contributed by atoms with Gasteiger partial charge in [0.05, 0.1) is 0 Å². The number of phenolic OH excluding ortho intramolecular Hbond substituents is 1. The minimum absolute atomic E-state index is 0.0204. The van der Waals surface area contributed by atoms with Gasteiger partial charge in [0.15, 0.2) is 11.5 Å². The molecule has 0 atom stereocenters. The molecule has 0 saturated heterocycles. The number of hydrogen-bond donors (Lipinski definition) is 2. The number of rotatable bonds is 2. The summed E-state index contributed by atoms with van der Waals surface area (Å²) in [7, 11) is 0. The van der Waals surface area contributed by atoms with Crippen LogP contribution in [0.2, 0.25) is 0 Å². The minimum atomic E-state index is -1.41. The van der Waals surface area contributed by atoms with E-state index in [1.54, 1.807) is 6.07 Å². The smallest absolute Gasteiger partial charge is 0.504 e. The van der Waals surface area contributed by atoms with E-state index in [0.717, 1.165) is 24.0 Å². The number of carboxylic acid groups (broad SMARTS) is 1. The summed E-state index contributed by atoms with van der Waals surface area (Å²) in [5.41, 5.74) is 1.68. The Morgan fingerprint density at radius 3 is 2.33 bits per heavy atom. The Hall–Kier alpha value is -1.71. The second-order valence-corrected chi connectivity index (χ2v) is 6.83. The highest BCUT2D eigenvalue weighted by molar-refractivity contribution is 5.65. The molecule has 2 N–H and O–H groups in total. The van der Waals surface area contributed by atoms with Crippen molar-refractivity contribution in [1.82, 2.24) is 0 Å². The van der Waals surface area contributed by atoms with Crippen molar-refractivity contribution in [3.05, 3.63) is 23.3 Å². The lowest BCUT2D eigenvalue weighted by Crippen LogP contribution is -2.18. The van der Waals surface area contributed by atoms with Gasteiger partial charge in [-0.25, -0.2) is 4.79 Å². The molecule has 1 aromatic rings. The summed E-state index contributed by atoms with van der Waals surface area (Å²) in [6.45, 7) is 6.08. The molecule has 1 fully saturated rings. The summed E-state index contributed by atoms with van der Waals surface area (Å²) in [6.07, 6.45) is 4.54. The Morgan fingerprint density at radius 1 is 1.19 bits per heavy atom. The number of phenols is 1. The third-order valence-electron chi connectivity index (χ3n) is 4.17. The zero-order valence-electron chi connectivity index (χ0n) is 13.0. The monoisotopic (exact) mass is 292 g/mol. The van der Waals surface area contributed by atoms with Gasteiger partial charge in [-0.15, -0.1) is 0 Å². The Balaban J connectivity index is 2.49. The predicted molar refractivity (Wildman–Crippen MR) is 81.3 cm³/mol. The first-order valence-corrected chi connectivity index (χ1v) is 7.58. The van der Waals surface area contributed by atoms with Crippen molar-refractivity contribution < 1.29 is 19.7 Å². The zero-order chi connectivity index (χ0) is 15.6. The molecule has 1 aliphatic carbocycles. The lowest BCUT2D eigenvalue weighted by molar-refractivity contribution is 0.142. The van der Waals surface area contributed by atoms with Gasteiger partial charge in [0.1, 0.15) is 0 Å². The maximum absolute atomic E-state index is 10.7. The van der Waals surface area contributed by atoms with E-state index in [9.17, 15) is 9.90 Å². The Labute approximate surface area is 125 Å². The first-order chi connectivity index (χ1) is 9.80. The van der Waals surface area contributed by atoms with Gasteiger partial charge in [0.2, 0.25) is 0 Å². The summed E-state index contributed by atoms with van der Waals surface area (Å²) in [6, 6.07) is 3.50. The van der Waals surface area contributed by atoms with Crippen LogP contribution in [0.3, 0.4) is 0 Å². The molecular weight excluding hydrogens is 268 g/mol. The van der Waals surface area contributed by atoms with Gasteiger partial charge in [-0.05, 0) is 35.8 Å². The lowest BCUT2D eigenvalue weighted by Gasteiger charge is -2.30. The molecule has 4 nitrogen and oxygen atoms in total. The first kappa shape index (κ1) is 15.7. The van der Waals surface area contributed by atoms with Crippen LogP contribution in [-0.4, -0.2) is 16.4 Å². The molecule has 116 valence electrons. The number of benzene rings is 1. The van der Waals surface area contributed by atoms with E-state index in [1.165, 1.54) is 19.3 Å². The third-order valence-corrected chi connectivity index (χ3v) is 4.17. The van der Waals surface area contributed by atoms with Gasteiger partial charge >= 0.3 is 6.16 Å². The molecule has 1 aliphatic rings. The third kappa shape index (κ3) is 3.49. The van der Waals surface area contributed by atoms with Crippen LogP contribution >= 0.6 is 0 Å². The summed E-state index contributed by atoms with van der Waals surface area (Å²) >= 11 is 0. The topological polar surface area (TPSA) is 66.8 Å². The molecule has 0 heterocycles. The molecule has 1 saturated carbocycles. The van der Waals surface area contributed by atoms with Crippen LogP contribution in [0.15, 0.2) is 12.1 Å². The lowest BCUT2D eigenvalue weighted by atomic mass is 9.75.